The highest BCUT2D eigenvalue weighted by atomic mass is 35.5. The fraction of sp³-hybridized carbons (Fsp3) is 0.440. The van der Waals surface area contributed by atoms with Gasteiger partial charge >= 0.3 is 0 Å². The molecule has 0 spiro atoms. The van der Waals surface area contributed by atoms with Gasteiger partial charge in [0.05, 0.1) is 6.54 Å². The monoisotopic (exact) mass is 464 g/mol. The van der Waals surface area contributed by atoms with E-state index in [1.165, 1.54) is 19.3 Å². The molecular formula is C25H29ClN6O. The molecule has 1 aromatic carbocycles. The lowest BCUT2D eigenvalue weighted by atomic mass is 9.85. The van der Waals surface area contributed by atoms with Crippen molar-refractivity contribution in [1.29, 1.82) is 0 Å². The van der Waals surface area contributed by atoms with E-state index in [-0.39, 0.29) is 11.8 Å². The Balaban J connectivity index is 1.30. The molecule has 33 heavy (non-hydrogen) atoms. The first kappa shape index (κ1) is 22.0. The van der Waals surface area contributed by atoms with E-state index >= 15 is 0 Å². The van der Waals surface area contributed by atoms with Crippen molar-refractivity contribution >= 4 is 23.3 Å². The summed E-state index contributed by atoms with van der Waals surface area (Å²) in [4.78, 5) is 19.5. The van der Waals surface area contributed by atoms with Gasteiger partial charge < -0.3 is 9.88 Å². The van der Waals surface area contributed by atoms with Crippen molar-refractivity contribution in [2.75, 3.05) is 11.4 Å². The fourth-order valence-electron chi connectivity index (χ4n) is 4.59. The molecule has 5 rings (SSSR count). The summed E-state index contributed by atoms with van der Waals surface area (Å²) >= 11 is 6.32. The van der Waals surface area contributed by atoms with Gasteiger partial charge in [0.1, 0.15) is 23.1 Å². The largest absolute Gasteiger partial charge is 0.321 e. The number of pyridine rings is 1. The summed E-state index contributed by atoms with van der Waals surface area (Å²) in [6.45, 7) is 4.41. The van der Waals surface area contributed by atoms with Crippen molar-refractivity contribution in [1.82, 2.24) is 25.1 Å². The number of nitrogens with one attached hydrogen (secondary N) is 1. The number of fused-ring (bicyclic) bond motifs is 1. The van der Waals surface area contributed by atoms with Crippen LogP contribution in [0.3, 0.4) is 0 Å². The summed E-state index contributed by atoms with van der Waals surface area (Å²) in [6, 6.07) is 10.0. The molecule has 1 amide bonds. The number of anilines is 1. The average molecular weight is 465 g/mol. The molecule has 1 aliphatic carbocycles. The summed E-state index contributed by atoms with van der Waals surface area (Å²) in [5, 5.41) is 12.1. The number of aryl methyl sites for hydroxylation is 1. The Bertz CT molecular complexity index is 1170. The van der Waals surface area contributed by atoms with Crippen LogP contribution in [0.15, 0.2) is 36.7 Å². The third-order valence-corrected chi connectivity index (χ3v) is 7.10. The molecule has 3 heterocycles. The number of hydrogen-bond acceptors (Lipinski definition) is 5. The van der Waals surface area contributed by atoms with E-state index in [2.05, 4.69) is 39.6 Å². The van der Waals surface area contributed by atoms with Gasteiger partial charge in [0, 0.05) is 25.6 Å². The zero-order valence-electron chi connectivity index (χ0n) is 19.1. The van der Waals surface area contributed by atoms with Crippen LogP contribution >= 0.6 is 11.6 Å². The molecule has 8 heteroatoms. The number of benzene rings is 1. The van der Waals surface area contributed by atoms with Crippen LogP contribution in [0.25, 0.3) is 0 Å². The second kappa shape index (κ2) is 9.23. The number of carbonyl (C=O) groups excluding carboxylic acids is 1. The van der Waals surface area contributed by atoms with Gasteiger partial charge in [0.25, 0.3) is 5.91 Å². The number of aromatic nitrogens is 4. The molecule has 0 saturated heterocycles. The highest BCUT2D eigenvalue weighted by molar-refractivity contribution is 6.29. The van der Waals surface area contributed by atoms with E-state index < -0.39 is 0 Å². The van der Waals surface area contributed by atoms with Crippen molar-refractivity contribution < 1.29 is 4.79 Å². The zero-order chi connectivity index (χ0) is 22.9. The quantitative estimate of drug-likeness (QED) is 0.504. The first-order valence-corrected chi connectivity index (χ1v) is 12.0. The molecule has 7 nitrogen and oxygen atoms in total. The Morgan fingerprint density at radius 2 is 2.09 bits per heavy atom. The standard InChI is InChI=1S/C25H29ClN6O/c1-16(8-24-30-28-15-31(24)2)19-6-7-20-14-32(25(33)21(20)11-19)23-10-18(9-22(26)29-23)13-27-12-17-4-3-5-17/h6-7,9-11,15-17,27H,3-5,8,12-14H2,1-2H3/t16-/m1/s1. The fourth-order valence-corrected chi connectivity index (χ4v) is 4.81. The van der Waals surface area contributed by atoms with Crippen molar-refractivity contribution in [3.63, 3.8) is 0 Å². The van der Waals surface area contributed by atoms with Gasteiger partial charge in [-0.15, -0.1) is 10.2 Å². The molecule has 1 fully saturated rings. The minimum Gasteiger partial charge on any atom is -0.321 e. The van der Waals surface area contributed by atoms with Crippen LogP contribution in [0.2, 0.25) is 5.15 Å². The maximum Gasteiger partial charge on any atom is 0.260 e. The van der Waals surface area contributed by atoms with Crippen LogP contribution in [0, 0.1) is 5.92 Å². The SMILES string of the molecule is C[C@H](Cc1nncn1C)c1ccc2c(c1)C(=O)N(c1cc(CNCC3CCC3)cc(Cl)n1)C2. The molecule has 1 saturated carbocycles. The van der Waals surface area contributed by atoms with Crippen LogP contribution in [0.4, 0.5) is 5.82 Å². The third-order valence-electron chi connectivity index (χ3n) is 6.90. The number of hydrogen-bond donors (Lipinski definition) is 1. The molecular weight excluding hydrogens is 436 g/mol. The molecule has 2 aromatic heterocycles. The molecule has 172 valence electrons. The lowest BCUT2D eigenvalue weighted by Crippen LogP contribution is -2.27. The normalized spacial score (nSPS) is 16.7. The minimum atomic E-state index is -0.0270. The summed E-state index contributed by atoms with van der Waals surface area (Å²) in [5.74, 6) is 2.52. The molecule has 1 aliphatic heterocycles. The van der Waals surface area contributed by atoms with E-state index in [4.69, 9.17) is 11.6 Å². The molecule has 0 unspecified atom stereocenters. The number of carbonyl (C=O) groups is 1. The van der Waals surface area contributed by atoms with Gasteiger partial charge in [0.15, 0.2) is 0 Å². The average Bonchev–Trinajstić information content (AvgIpc) is 3.32. The first-order chi connectivity index (χ1) is 16.0. The number of amides is 1. The predicted octanol–water partition coefficient (Wildman–Crippen LogP) is 4.26. The van der Waals surface area contributed by atoms with Crippen molar-refractivity contribution in [3.8, 4) is 0 Å². The van der Waals surface area contributed by atoms with Crippen molar-refractivity contribution in [3.05, 3.63) is 69.9 Å². The third kappa shape index (κ3) is 4.66. The van der Waals surface area contributed by atoms with Gasteiger partial charge in [-0.3, -0.25) is 9.69 Å². The van der Waals surface area contributed by atoms with Crippen LogP contribution in [0.5, 0.6) is 0 Å². The lowest BCUT2D eigenvalue weighted by Gasteiger charge is -2.25. The highest BCUT2D eigenvalue weighted by Crippen LogP contribution is 2.32. The Morgan fingerprint density at radius 1 is 1.24 bits per heavy atom. The number of rotatable bonds is 8. The van der Waals surface area contributed by atoms with E-state index in [0.717, 1.165) is 53.5 Å². The zero-order valence-corrected chi connectivity index (χ0v) is 19.8. The summed E-state index contributed by atoms with van der Waals surface area (Å²) in [5.41, 5.74) is 3.92. The Labute approximate surface area is 199 Å². The molecule has 1 atom stereocenters. The van der Waals surface area contributed by atoms with Gasteiger partial charge in [0.2, 0.25) is 0 Å². The Hall–Kier alpha value is -2.77. The van der Waals surface area contributed by atoms with Gasteiger partial charge in [-0.25, -0.2) is 4.98 Å². The molecule has 2 aliphatic rings. The second-order valence-electron chi connectivity index (χ2n) is 9.36. The predicted molar refractivity (Wildman–Crippen MR) is 128 cm³/mol. The van der Waals surface area contributed by atoms with Crippen LogP contribution < -0.4 is 10.2 Å². The molecule has 1 N–H and O–H groups in total. The summed E-state index contributed by atoms with van der Waals surface area (Å²) < 4.78 is 1.93. The Kier molecular flexibility index (Phi) is 6.17. The summed E-state index contributed by atoms with van der Waals surface area (Å²) in [6.07, 6.45) is 6.45. The van der Waals surface area contributed by atoms with E-state index in [0.29, 0.717) is 17.5 Å². The molecule has 0 radical (unpaired) electrons. The minimum absolute atomic E-state index is 0.0270. The Morgan fingerprint density at radius 3 is 2.82 bits per heavy atom. The van der Waals surface area contributed by atoms with Crippen molar-refractivity contribution in [2.45, 2.75) is 51.6 Å². The van der Waals surface area contributed by atoms with Gasteiger partial charge in [-0.2, -0.15) is 0 Å². The highest BCUT2D eigenvalue weighted by Gasteiger charge is 2.30. The van der Waals surface area contributed by atoms with E-state index in [1.807, 2.05) is 29.8 Å². The van der Waals surface area contributed by atoms with Crippen LogP contribution in [-0.2, 0) is 26.6 Å². The maximum atomic E-state index is 13.3. The van der Waals surface area contributed by atoms with Gasteiger partial charge in [-0.05, 0) is 66.1 Å². The number of halogens is 1. The first-order valence-electron chi connectivity index (χ1n) is 11.6. The summed E-state index contributed by atoms with van der Waals surface area (Å²) in [7, 11) is 1.95. The molecule has 3 aromatic rings. The maximum absolute atomic E-state index is 13.3. The van der Waals surface area contributed by atoms with Gasteiger partial charge in [-0.1, -0.05) is 37.1 Å². The van der Waals surface area contributed by atoms with Crippen molar-refractivity contribution in [2.24, 2.45) is 13.0 Å². The van der Waals surface area contributed by atoms with Crippen LogP contribution in [-0.4, -0.2) is 32.2 Å². The number of nitrogens with zero attached hydrogens (tertiary/aromatic N) is 5. The second-order valence-corrected chi connectivity index (χ2v) is 9.74. The molecule has 0 bridgehead atoms. The van der Waals surface area contributed by atoms with Crippen LogP contribution in [0.1, 0.15) is 65.0 Å². The smallest absolute Gasteiger partial charge is 0.260 e. The topological polar surface area (TPSA) is 75.9 Å². The van der Waals surface area contributed by atoms with E-state index in [9.17, 15) is 4.79 Å². The van der Waals surface area contributed by atoms with E-state index in [1.54, 1.807) is 11.2 Å². The lowest BCUT2D eigenvalue weighted by molar-refractivity contribution is 0.0996.